The minimum absolute atomic E-state index is 0.0857. The lowest BCUT2D eigenvalue weighted by atomic mass is 10.1. The molecule has 1 atom stereocenters. The third-order valence-corrected chi connectivity index (χ3v) is 6.63. The fourth-order valence-corrected chi connectivity index (χ4v) is 4.63. The molecular formula is C25H20N2O2S2. The van der Waals surface area contributed by atoms with E-state index in [0.29, 0.717) is 10.6 Å². The fraction of sp³-hybridized carbons (Fsp3) is 0.0400. The first-order valence-electron chi connectivity index (χ1n) is 9.71. The molecule has 1 unspecified atom stereocenters. The van der Waals surface area contributed by atoms with Gasteiger partial charge in [0.25, 0.3) is 5.91 Å². The standard InChI is InChI=1S/C25H20N2O2S2/c28-24(22-12-7-17-30-22)26-20-13-15-21(16-14-20)31-23(18-8-3-1-4-9-18)25(29)27-19-10-5-2-6-11-19/h1-17,23H,(H,26,28)(H,27,29). The van der Waals surface area contributed by atoms with E-state index in [-0.39, 0.29) is 11.8 Å². The second-order valence-electron chi connectivity index (χ2n) is 6.72. The Morgan fingerprint density at radius 3 is 2.00 bits per heavy atom. The number of nitrogens with one attached hydrogen (secondary N) is 2. The predicted molar refractivity (Wildman–Crippen MR) is 129 cm³/mol. The van der Waals surface area contributed by atoms with Crippen molar-refractivity contribution in [3.05, 3.63) is 113 Å². The van der Waals surface area contributed by atoms with E-state index in [9.17, 15) is 9.59 Å². The van der Waals surface area contributed by atoms with Gasteiger partial charge >= 0.3 is 0 Å². The minimum atomic E-state index is -0.409. The molecule has 4 rings (SSSR count). The van der Waals surface area contributed by atoms with Crippen LogP contribution in [0.15, 0.2) is 107 Å². The topological polar surface area (TPSA) is 58.2 Å². The van der Waals surface area contributed by atoms with Crippen molar-refractivity contribution in [1.82, 2.24) is 0 Å². The zero-order chi connectivity index (χ0) is 21.5. The molecule has 0 bridgehead atoms. The van der Waals surface area contributed by atoms with Crippen LogP contribution in [0.5, 0.6) is 0 Å². The van der Waals surface area contributed by atoms with Crippen molar-refractivity contribution in [3.63, 3.8) is 0 Å². The maximum atomic E-state index is 13.1. The summed E-state index contributed by atoms with van der Waals surface area (Å²) in [6, 6.07) is 30.3. The summed E-state index contributed by atoms with van der Waals surface area (Å²) in [6.07, 6.45) is 0. The number of carbonyl (C=O) groups is 2. The third-order valence-electron chi connectivity index (χ3n) is 4.49. The average molecular weight is 445 g/mol. The molecule has 0 saturated carbocycles. The van der Waals surface area contributed by atoms with Crippen LogP contribution in [0.4, 0.5) is 11.4 Å². The lowest BCUT2D eigenvalue weighted by Gasteiger charge is -2.17. The van der Waals surface area contributed by atoms with Crippen molar-refractivity contribution in [1.29, 1.82) is 0 Å². The largest absolute Gasteiger partial charge is 0.325 e. The molecule has 154 valence electrons. The second-order valence-corrected chi connectivity index (χ2v) is 8.85. The first kappa shape index (κ1) is 20.9. The molecule has 3 aromatic carbocycles. The highest BCUT2D eigenvalue weighted by Gasteiger charge is 2.22. The van der Waals surface area contributed by atoms with Crippen molar-refractivity contribution in [2.45, 2.75) is 10.1 Å². The number of carbonyl (C=O) groups excluding carboxylic acids is 2. The zero-order valence-electron chi connectivity index (χ0n) is 16.5. The van der Waals surface area contributed by atoms with E-state index in [1.54, 1.807) is 6.07 Å². The molecule has 1 heterocycles. The van der Waals surface area contributed by atoms with E-state index in [1.807, 2.05) is 96.4 Å². The van der Waals surface area contributed by atoms with Crippen LogP contribution in [0.3, 0.4) is 0 Å². The molecule has 0 saturated heterocycles. The summed E-state index contributed by atoms with van der Waals surface area (Å²) in [5.74, 6) is -0.211. The fourth-order valence-electron chi connectivity index (χ4n) is 2.98. The Morgan fingerprint density at radius 2 is 1.35 bits per heavy atom. The van der Waals surface area contributed by atoms with Crippen LogP contribution in [-0.2, 0) is 4.79 Å². The number of rotatable bonds is 7. The quantitative estimate of drug-likeness (QED) is 0.321. The van der Waals surface area contributed by atoms with Crippen LogP contribution in [-0.4, -0.2) is 11.8 Å². The van der Waals surface area contributed by atoms with Crippen molar-refractivity contribution in [3.8, 4) is 0 Å². The van der Waals surface area contributed by atoms with Gasteiger partial charge in [-0.25, -0.2) is 0 Å². The van der Waals surface area contributed by atoms with Crippen LogP contribution in [0, 0.1) is 0 Å². The van der Waals surface area contributed by atoms with Crippen molar-refractivity contribution < 1.29 is 9.59 Å². The monoisotopic (exact) mass is 444 g/mol. The van der Waals surface area contributed by atoms with Gasteiger partial charge in [-0.15, -0.1) is 23.1 Å². The summed E-state index contributed by atoms with van der Waals surface area (Å²) < 4.78 is 0. The molecule has 0 aliphatic rings. The molecule has 2 amide bonds. The molecular weight excluding hydrogens is 424 g/mol. The highest BCUT2D eigenvalue weighted by Crippen LogP contribution is 2.36. The normalized spacial score (nSPS) is 11.5. The Balaban J connectivity index is 1.49. The lowest BCUT2D eigenvalue weighted by molar-refractivity contribution is -0.115. The summed E-state index contributed by atoms with van der Waals surface area (Å²) in [5.41, 5.74) is 2.41. The van der Waals surface area contributed by atoms with E-state index >= 15 is 0 Å². The number of benzene rings is 3. The third kappa shape index (κ3) is 5.63. The molecule has 0 aliphatic heterocycles. The van der Waals surface area contributed by atoms with E-state index < -0.39 is 5.25 Å². The molecule has 0 fully saturated rings. The smallest absolute Gasteiger partial charge is 0.265 e. The SMILES string of the molecule is O=C(Nc1ccc(SC(C(=O)Nc2ccccc2)c2ccccc2)cc1)c1cccs1. The Hall–Kier alpha value is -3.35. The van der Waals surface area contributed by atoms with Gasteiger partial charge in [-0.3, -0.25) is 9.59 Å². The van der Waals surface area contributed by atoms with Crippen LogP contribution in [0.1, 0.15) is 20.5 Å². The number of thiophene rings is 1. The highest BCUT2D eigenvalue weighted by atomic mass is 32.2. The average Bonchev–Trinajstić information content (AvgIpc) is 3.35. The molecule has 4 aromatic rings. The van der Waals surface area contributed by atoms with Gasteiger partial charge in [0.15, 0.2) is 0 Å². The lowest BCUT2D eigenvalue weighted by Crippen LogP contribution is -2.19. The van der Waals surface area contributed by atoms with Crippen molar-refractivity contribution in [2.75, 3.05) is 10.6 Å². The first-order valence-corrected chi connectivity index (χ1v) is 11.5. The van der Waals surface area contributed by atoms with E-state index in [2.05, 4.69) is 10.6 Å². The maximum Gasteiger partial charge on any atom is 0.265 e. The molecule has 0 aliphatic carbocycles. The summed E-state index contributed by atoms with van der Waals surface area (Å²) in [5, 5.41) is 7.36. The van der Waals surface area contributed by atoms with E-state index in [0.717, 1.165) is 16.1 Å². The van der Waals surface area contributed by atoms with Crippen molar-refractivity contribution in [2.24, 2.45) is 0 Å². The van der Waals surface area contributed by atoms with Gasteiger partial charge in [0, 0.05) is 16.3 Å². The summed E-state index contributed by atoms with van der Waals surface area (Å²) in [7, 11) is 0. The van der Waals surface area contributed by atoms with Gasteiger partial charge < -0.3 is 10.6 Å². The number of anilines is 2. The Labute approximate surface area is 189 Å². The number of thioether (sulfide) groups is 1. The Bertz CT molecular complexity index is 1130. The highest BCUT2D eigenvalue weighted by molar-refractivity contribution is 8.00. The molecule has 0 radical (unpaired) electrons. The second kappa shape index (κ2) is 10.1. The predicted octanol–water partition coefficient (Wildman–Crippen LogP) is 6.47. The van der Waals surface area contributed by atoms with Gasteiger partial charge in [-0.2, -0.15) is 0 Å². The van der Waals surface area contributed by atoms with Crippen LogP contribution in [0.25, 0.3) is 0 Å². The maximum absolute atomic E-state index is 13.1. The number of para-hydroxylation sites is 1. The van der Waals surface area contributed by atoms with Gasteiger partial charge in [0.2, 0.25) is 5.91 Å². The van der Waals surface area contributed by atoms with Gasteiger partial charge in [0.1, 0.15) is 5.25 Å². The summed E-state index contributed by atoms with van der Waals surface area (Å²) >= 11 is 2.87. The summed E-state index contributed by atoms with van der Waals surface area (Å²) in [6.45, 7) is 0. The van der Waals surface area contributed by atoms with Gasteiger partial charge in [-0.05, 0) is 53.4 Å². The van der Waals surface area contributed by atoms with Crippen LogP contribution < -0.4 is 10.6 Å². The van der Waals surface area contributed by atoms with Crippen molar-refractivity contribution >= 4 is 46.3 Å². The van der Waals surface area contributed by atoms with Gasteiger partial charge in [0.05, 0.1) is 4.88 Å². The zero-order valence-corrected chi connectivity index (χ0v) is 18.2. The van der Waals surface area contributed by atoms with Gasteiger partial charge in [-0.1, -0.05) is 54.6 Å². The Kier molecular flexibility index (Phi) is 6.82. The van der Waals surface area contributed by atoms with Crippen LogP contribution in [0.2, 0.25) is 0 Å². The molecule has 4 nitrogen and oxygen atoms in total. The minimum Gasteiger partial charge on any atom is -0.325 e. The van der Waals surface area contributed by atoms with E-state index in [4.69, 9.17) is 0 Å². The number of amides is 2. The molecule has 2 N–H and O–H groups in total. The van der Waals surface area contributed by atoms with Crippen LogP contribution >= 0.6 is 23.1 Å². The number of hydrogen-bond donors (Lipinski definition) is 2. The summed E-state index contributed by atoms with van der Waals surface area (Å²) in [4.78, 5) is 26.9. The molecule has 31 heavy (non-hydrogen) atoms. The molecule has 1 aromatic heterocycles. The first-order chi connectivity index (χ1) is 15.2. The Morgan fingerprint density at radius 1 is 0.710 bits per heavy atom. The number of hydrogen-bond acceptors (Lipinski definition) is 4. The molecule has 6 heteroatoms. The molecule has 0 spiro atoms. The van der Waals surface area contributed by atoms with E-state index in [1.165, 1.54) is 23.1 Å².